The maximum atomic E-state index is 6.08. The molecule has 1 aliphatic rings. The molecule has 0 aromatic carbocycles. The number of hydrogen-bond donors (Lipinski definition) is 1. The fraction of sp³-hybridized carbons (Fsp3) is 0.692. The quantitative estimate of drug-likeness (QED) is 0.661. The molecule has 2 heterocycles. The molecule has 0 radical (unpaired) electrons. The first-order valence-corrected chi connectivity index (χ1v) is 7.46. The summed E-state index contributed by atoms with van der Waals surface area (Å²) in [6.07, 6.45) is 5.09. The summed E-state index contributed by atoms with van der Waals surface area (Å²) >= 11 is 1.71. The van der Waals surface area contributed by atoms with Gasteiger partial charge in [-0.25, -0.2) is 9.98 Å². The van der Waals surface area contributed by atoms with Gasteiger partial charge in [-0.3, -0.25) is 0 Å². The van der Waals surface area contributed by atoms with Crippen molar-refractivity contribution < 1.29 is 0 Å². The van der Waals surface area contributed by atoms with Crippen molar-refractivity contribution in [3.63, 3.8) is 0 Å². The fourth-order valence-electron chi connectivity index (χ4n) is 2.27. The Morgan fingerprint density at radius 1 is 1.28 bits per heavy atom. The zero-order chi connectivity index (χ0) is 13.0. The van der Waals surface area contributed by atoms with E-state index in [1.165, 1.54) is 30.6 Å². The molecule has 5 heteroatoms. The van der Waals surface area contributed by atoms with Crippen LogP contribution in [0.25, 0.3) is 0 Å². The molecule has 1 fully saturated rings. The topological polar surface area (TPSA) is 54.5 Å². The third-order valence-corrected chi connectivity index (χ3v) is 4.37. The van der Waals surface area contributed by atoms with Gasteiger partial charge in [0.1, 0.15) is 0 Å². The van der Waals surface area contributed by atoms with Crippen molar-refractivity contribution in [3.8, 4) is 0 Å². The number of nitrogens with two attached hydrogens (primary N) is 1. The molecular formula is C13H22N4S. The largest absolute Gasteiger partial charge is 0.370 e. The highest BCUT2D eigenvalue weighted by molar-refractivity contribution is 7.11. The molecule has 1 saturated heterocycles. The van der Waals surface area contributed by atoms with Crippen LogP contribution in [0, 0.1) is 13.8 Å². The summed E-state index contributed by atoms with van der Waals surface area (Å²) in [7, 11) is 0. The SMILES string of the molecule is Cc1nc(C)c(CN=C(N)N2CCCCCC2)s1. The molecule has 2 N–H and O–H groups in total. The molecule has 18 heavy (non-hydrogen) atoms. The number of rotatable bonds is 2. The van der Waals surface area contributed by atoms with Crippen LogP contribution < -0.4 is 5.73 Å². The Labute approximate surface area is 113 Å². The van der Waals surface area contributed by atoms with E-state index in [9.17, 15) is 0 Å². The smallest absolute Gasteiger partial charge is 0.191 e. The maximum Gasteiger partial charge on any atom is 0.191 e. The normalized spacial score (nSPS) is 17.9. The molecule has 1 aliphatic heterocycles. The molecule has 2 rings (SSSR count). The zero-order valence-corrected chi connectivity index (χ0v) is 12.1. The van der Waals surface area contributed by atoms with Gasteiger partial charge in [-0.1, -0.05) is 12.8 Å². The average molecular weight is 266 g/mol. The maximum absolute atomic E-state index is 6.08. The molecule has 0 saturated carbocycles. The second-order valence-corrected chi connectivity index (χ2v) is 6.10. The van der Waals surface area contributed by atoms with Crippen molar-refractivity contribution in [1.82, 2.24) is 9.88 Å². The second-order valence-electron chi connectivity index (χ2n) is 4.82. The summed E-state index contributed by atoms with van der Waals surface area (Å²) in [6.45, 7) is 6.84. The predicted octanol–water partition coefficient (Wildman–Crippen LogP) is 2.45. The molecule has 100 valence electrons. The number of hydrogen-bond acceptors (Lipinski definition) is 3. The number of thiazole rings is 1. The van der Waals surface area contributed by atoms with Gasteiger partial charge in [0.05, 0.1) is 17.2 Å². The Balaban J connectivity index is 1.97. The van der Waals surface area contributed by atoms with Gasteiger partial charge in [-0.15, -0.1) is 11.3 Å². The van der Waals surface area contributed by atoms with E-state index in [1.807, 2.05) is 13.8 Å². The van der Waals surface area contributed by atoms with Gasteiger partial charge < -0.3 is 10.6 Å². The summed E-state index contributed by atoms with van der Waals surface area (Å²) in [5.74, 6) is 0.697. The first-order chi connectivity index (χ1) is 8.66. The highest BCUT2D eigenvalue weighted by atomic mass is 32.1. The number of aliphatic imine (C=N–C) groups is 1. The van der Waals surface area contributed by atoms with E-state index in [4.69, 9.17) is 5.73 Å². The zero-order valence-electron chi connectivity index (χ0n) is 11.3. The predicted molar refractivity (Wildman–Crippen MR) is 77.0 cm³/mol. The van der Waals surface area contributed by atoms with E-state index in [1.54, 1.807) is 11.3 Å². The van der Waals surface area contributed by atoms with Crippen LogP contribution >= 0.6 is 11.3 Å². The van der Waals surface area contributed by atoms with Crippen molar-refractivity contribution >= 4 is 17.3 Å². The van der Waals surface area contributed by atoms with E-state index in [-0.39, 0.29) is 0 Å². The van der Waals surface area contributed by atoms with Crippen LogP contribution in [-0.4, -0.2) is 28.9 Å². The van der Waals surface area contributed by atoms with Crippen molar-refractivity contribution in [1.29, 1.82) is 0 Å². The molecule has 0 aliphatic carbocycles. The summed E-state index contributed by atoms with van der Waals surface area (Å²) in [5.41, 5.74) is 7.17. The van der Waals surface area contributed by atoms with Crippen LogP contribution in [0.2, 0.25) is 0 Å². The van der Waals surface area contributed by atoms with Crippen LogP contribution in [0.4, 0.5) is 0 Å². The van der Waals surface area contributed by atoms with Crippen molar-refractivity contribution in [3.05, 3.63) is 15.6 Å². The lowest BCUT2D eigenvalue weighted by atomic mass is 10.2. The van der Waals surface area contributed by atoms with Gasteiger partial charge >= 0.3 is 0 Å². The summed E-state index contributed by atoms with van der Waals surface area (Å²) in [4.78, 5) is 12.4. The summed E-state index contributed by atoms with van der Waals surface area (Å²) in [6, 6.07) is 0. The molecule has 4 nitrogen and oxygen atoms in total. The van der Waals surface area contributed by atoms with E-state index in [0.717, 1.165) is 23.8 Å². The lowest BCUT2D eigenvalue weighted by Gasteiger charge is -2.20. The standard InChI is InChI=1S/C13H22N4S/c1-10-12(18-11(2)16-10)9-15-13(14)17-7-5-3-4-6-8-17/h3-9H2,1-2H3,(H2,14,15). The van der Waals surface area contributed by atoms with E-state index >= 15 is 0 Å². The third kappa shape index (κ3) is 3.45. The Hall–Kier alpha value is -1.10. The Morgan fingerprint density at radius 3 is 2.50 bits per heavy atom. The van der Waals surface area contributed by atoms with Crippen LogP contribution in [-0.2, 0) is 6.54 Å². The monoisotopic (exact) mass is 266 g/mol. The van der Waals surface area contributed by atoms with E-state index in [0.29, 0.717) is 12.5 Å². The number of aromatic nitrogens is 1. The van der Waals surface area contributed by atoms with Crippen LogP contribution in [0.3, 0.4) is 0 Å². The van der Waals surface area contributed by atoms with Crippen LogP contribution in [0.15, 0.2) is 4.99 Å². The van der Waals surface area contributed by atoms with Gasteiger partial charge in [0, 0.05) is 18.0 Å². The molecule has 0 amide bonds. The highest BCUT2D eigenvalue weighted by Crippen LogP contribution is 2.18. The fourth-order valence-corrected chi connectivity index (χ4v) is 3.13. The number of nitrogens with zero attached hydrogens (tertiary/aromatic N) is 3. The van der Waals surface area contributed by atoms with Gasteiger partial charge in [-0.05, 0) is 26.7 Å². The molecule has 1 aromatic rings. The van der Waals surface area contributed by atoms with E-state index in [2.05, 4.69) is 14.9 Å². The first kappa shape index (κ1) is 13.3. The van der Waals surface area contributed by atoms with Gasteiger partial charge in [0.2, 0.25) is 0 Å². The Bertz CT molecular complexity index is 417. The number of aryl methyl sites for hydroxylation is 2. The molecule has 1 aromatic heterocycles. The Morgan fingerprint density at radius 2 is 1.94 bits per heavy atom. The summed E-state index contributed by atoms with van der Waals surface area (Å²) in [5, 5.41) is 1.10. The number of likely N-dealkylation sites (tertiary alicyclic amines) is 1. The highest BCUT2D eigenvalue weighted by Gasteiger charge is 2.11. The number of guanidine groups is 1. The minimum atomic E-state index is 0.666. The molecular weight excluding hydrogens is 244 g/mol. The lowest BCUT2D eigenvalue weighted by molar-refractivity contribution is 0.428. The Kier molecular flexibility index (Phi) is 4.58. The first-order valence-electron chi connectivity index (χ1n) is 6.64. The average Bonchev–Trinajstić information content (AvgIpc) is 2.59. The van der Waals surface area contributed by atoms with Gasteiger partial charge in [0.15, 0.2) is 5.96 Å². The van der Waals surface area contributed by atoms with Crippen molar-refractivity contribution in [2.75, 3.05) is 13.1 Å². The van der Waals surface area contributed by atoms with Crippen molar-refractivity contribution in [2.24, 2.45) is 10.7 Å². The molecule has 0 spiro atoms. The minimum Gasteiger partial charge on any atom is -0.370 e. The van der Waals surface area contributed by atoms with Crippen LogP contribution in [0.5, 0.6) is 0 Å². The van der Waals surface area contributed by atoms with E-state index < -0.39 is 0 Å². The minimum absolute atomic E-state index is 0.666. The molecule has 0 atom stereocenters. The van der Waals surface area contributed by atoms with Crippen molar-refractivity contribution in [2.45, 2.75) is 46.1 Å². The molecule has 0 bridgehead atoms. The van der Waals surface area contributed by atoms with Crippen LogP contribution in [0.1, 0.15) is 41.3 Å². The molecule has 0 unspecified atom stereocenters. The van der Waals surface area contributed by atoms with Gasteiger partial charge in [0.25, 0.3) is 0 Å². The summed E-state index contributed by atoms with van der Waals surface area (Å²) < 4.78 is 0. The third-order valence-electron chi connectivity index (χ3n) is 3.31. The second kappa shape index (κ2) is 6.18. The van der Waals surface area contributed by atoms with Gasteiger partial charge in [-0.2, -0.15) is 0 Å². The lowest BCUT2D eigenvalue weighted by Crippen LogP contribution is -2.38.